The van der Waals surface area contributed by atoms with Gasteiger partial charge in [-0.05, 0) is 31.0 Å². The van der Waals surface area contributed by atoms with E-state index in [1.54, 1.807) is 44.8 Å². The van der Waals surface area contributed by atoms with Crippen LogP contribution in [0.15, 0.2) is 36.7 Å². The number of carbonyl (C=O) groups excluding carboxylic acids is 1. The molecular weight excluding hydrogens is 320 g/mol. The Morgan fingerprint density at radius 2 is 1.80 bits per heavy atom. The Hall–Kier alpha value is -2.83. The minimum absolute atomic E-state index is 0.0203. The fraction of sp³-hybridized carbons (Fsp3) is 0.389. The number of hydrogen-bond donors (Lipinski definition) is 1. The van der Waals surface area contributed by atoms with Gasteiger partial charge in [-0.1, -0.05) is 0 Å². The molecule has 0 aliphatic carbocycles. The molecule has 25 heavy (non-hydrogen) atoms. The van der Waals surface area contributed by atoms with Gasteiger partial charge in [-0.15, -0.1) is 0 Å². The molecule has 1 N–H and O–H groups in total. The lowest BCUT2D eigenvalue weighted by Crippen LogP contribution is -2.39. The van der Waals surface area contributed by atoms with E-state index in [1.807, 2.05) is 6.07 Å². The predicted molar refractivity (Wildman–Crippen MR) is 95.1 cm³/mol. The van der Waals surface area contributed by atoms with Gasteiger partial charge in [-0.2, -0.15) is 0 Å². The largest absolute Gasteiger partial charge is 0.493 e. The van der Waals surface area contributed by atoms with Crippen LogP contribution in [0.3, 0.4) is 0 Å². The lowest BCUT2D eigenvalue weighted by molar-refractivity contribution is -0.120. The van der Waals surface area contributed by atoms with Crippen LogP contribution >= 0.6 is 0 Å². The highest BCUT2D eigenvalue weighted by atomic mass is 16.5. The number of aromatic nitrogens is 2. The van der Waals surface area contributed by atoms with Gasteiger partial charge in [0.25, 0.3) is 0 Å². The van der Waals surface area contributed by atoms with Crippen molar-refractivity contribution in [3.8, 4) is 11.5 Å². The Bertz CT molecular complexity index is 716. The fourth-order valence-corrected chi connectivity index (χ4v) is 2.95. The molecule has 1 aromatic carbocycles. The number of benzene rings is 1. The Labute approximate surface area is 147 Å². The molecule has 3 rings (SSSR count). The van der Waals surface area contributed by atoms with Crippen LogP contribution in [0.25, 0.3) is 0 Å². The average molecular weight is 342 g/mol. The van der Waals surface area contributed by atoms with E-state index in [0.29, 0.717) is 17.2 Å². The SMILES string of the molecule is COc1ccc(NC(=O)C2CCN(c3ncccn3)CC2)cc1OC. The van der Waals surface area contributed by atoms with E-state index in [1.165, 1.54) is 0 Å². The molecule has 0 radical (unpaired) electrons. The summed E-state index contributed by atoms with van der Waals surface area (Å²) in [6, 6.07) is 7.16. The molecular formula is C18H22N4O3. The normalized spacial score (nSPS) is 14.9. The van der Waals surface area contributed by atoms with Crippen molar-refractivity contribution in [2.75, 3.05) is 37.5 Å². The number of rotatable bonds is 5. The summed E-state index contributed by atoms with van der Waals surface area (Å²) in [6.07, 6.45) is 5.02. The number of carbonyl (C=O) groups is 1. The van der Waals surface area contributed by atoms with Crippen LogP contribution in [0, 0.1) is 5.92 Å². The van der Waals surface area contributed by atoms with Crippen molar-refractivity contribution in [2.24, 2.45) is 5.92 Å². The van der Waals surface area contributed by atoms with E-state index in [4.69, 9.17) is 9.47 Å². The van der Waals surface area contributed by atoms with Crippen molar-refractivity contribution in [2.45, 2.75) is 12.8 Å². The van der Waals surface area contributed by atoms with Crippen LogP contribution < -0.4 is 19.7 Å². The Morgan fingerprint density at radius 3 is 2.44 bits per heavy atom. The maximum absolute atomic E-state index is 12.5. The molecule has 1 fully saturated rings. The monoisotopic (exact) mass is 342 g/mol. The highest BCUT2D eigenvalue weighted by Crippen LogP contribution is 2.30. The zero-order valence-corrected chi connectivity index (χ0v) is 14.4. The van der Waals surface area contributed by atoms with Gasteiger partial charge in [0, 0.05) is 43.2 Å². The first-order chi connectivity index (χ1) is 12.2. The predicted octanol–water partition coefficient (Wildman–Crippen LogP) is 2.35. The summed E-state index contributed by atoms with van der Waals surface area (Å²) < 4.78 is 10.5. The second-order valence-electron chi connectivity index (χ2n) is 5.87. The van der Waals surface area contributed by atoms with Gasteiger partial charge in [-0.3, -0.25) is 4.79 Å². The number of nitrogens with zero attached hydrogens (tertiary/aromatic N) is 3. The van der Waals surface area contributed by atoms with Crippen molar-refractivity contribution >= 4 is 17.5 Å². The zero-order valence-electron chi connectivity index (χ0n) is 14.4. The van der Waals surface area contributed by atoms with Crippen LogP contribution in [0.2, 0.25) is 0 Å². The zero-order chi connectivity index (χ0) is 17.6. The molecule has 1 aliphatic rings. The van der Waals surface area contributed by atoms with Crippen molar-refractivity contribution in [1.29, 1.82) is 0 Å². The highest BCUT2D eigenvalue weighted by molar-refractivity contribution is 5.93. The maximum Gasteiger partial charge on any atom is 0.227 e. The summed E-state index contributed by atoms with van der Waals surface area (Å²) in [5, 5.41) is 2.97. The number of ether oxygens (including phenoxy) is 2. The first-order valence-corrected chi connectivity index (χ1v) is 8.26. The number of methoxy groups -OCH3 is 2. The second kappa shape index (κ2) is 7.83. The van der Waals surface area contributed by atoms with Gasteiger partial charge >= 0.3 is 0 Å². The molecule has 1 saturated heterocycles. The second-order valence-corrected chi connectivity index (χ2v) is 5.87. The minimum Gasteiger partial charge on any atom is -0.493 e. The lowest BCUT2D eigenvalue weighted by atomic mass is 9.96. The summed E-state index contributed by atoms with van der Waals surface area (Å²) in [5.41, 5.74) is 0.705. The van der Waals surface area contributed by atoms with Crippen LogP contribution in [-0.4, -0.2) is 43.2 Å². The van der Waals surface area contributed by atoms with Crippen molar-refractivity contribution in [3.63, 3.8) is 0 Å². The third-order valence-corrected chi connectivity index (χ3v) is 4.35. The van der Waals surface area contributed by atoms with E-state index in [-0.39, 0.29) is 11.8 Å². The summed E-state index contributed by atoms with van der Waals surface area (Å²) in [7, 11) is 3.16. The number of nitrogens with one attached hydrogen (secondary N) is 1. The van der Waals surface area contributed by atoms with E-state index in [0.717, 1.165) is 31.9 Å². The molecule has 7 nitrogen and oxygen atoms in total. The maximum atomic E-state index is 12.5. The number of hydrogen-bond acceptors (Lipinski definition) is 6. The lowest BCUT2D eigenvalue weighted by Gasteiger charge is -2.31. The van der Waals surface area contributed by atoms with Crippen LogP contribution in [0.5, 0.6) is 11.5 Å². The molecule has 0 saturated carbocycles. The van der Waals surface area contributed by atoms with E-state index >= 15 is 0 Å². The molecule has 0 atom stereocenters. The van der Waals surface area contributed by atoms with E-state index < -0.39 is 0 Å². The number of amides is 1. The van der Waals surface area contributed by atoms with Gasteiger partial charge in [0.1, 0.15) is 0 Å². The minimum atomic E-state index is -0.0203. The molecule has 0 bridgehead atoms. The van der Waals surface area contributed by atoms with Gasteiger partial charge in [-0.25, -0.2) is 9.97 Å². The smallest absolute Gasteiger partial charge is 0.227 e. The average Bonchev–Trinajstić information content (AvgIpc) is 2.68. The summed E-state index contributed by atoms with van der Waals surface area (Å²) in [5.74, 6) is 1.96. The summed E-state index contributed by atoms with van der Waals surface area (Å²) in [6.45, 7) is 1.54. The molecule has 2 heterocycles. The van der Waals surface area contributed by atoms with Gasteiger partial charge in [0.05, 0.1) is 14.2 Å². The van der Waals surface area contributed by atoms with Gasteiger partial charge < -0.3 is 19.7 Å². The van der Waals surface area contributed by atoms with Crippen LogP contribution in [0.1, 0.15) is 12.8 Å². The third-order valence-electron chi connectivity index (χ3n) is 4.35. The molecule has 132 valence electrons. The molecule has 1 aromatic heterocycles. The van der Waals surface area contributed by atoms with E-state index in [2.05, 4.69) is 20.2 Å². The van der Waals surface area contributed by atoms with Crippen molar-refractivity contribution in [1.82, 2.24) is 9.97 Å². The van der Waals surface area contributed by atoms with E-state index in [9.17, 15) is 4.79 Å². The first kappa shape index (κ1) is 17.0. The van der Waals surface area contributed by atoms with Crippen LogP contribution in [-0.2, 0) is 4.79 Å². The first-order valence-electron chi connectivity index (χ1n) is 8.26. The van der Waals surface area contributed by atoms with Crippen LogP contribution in [0.4, 0.5) is 11.6 Å². The summed E-state index contributed by atoms with van der Waals surface area (Å²) >= 11 is 0. The Kier molecular flexibility index (Phi) is 5.33. The Morgan fingerprint density at radius 1 is 1.12 bits per heavy atom. The van der Waals surface area contributed by atoms with Gasteiger partial charge in [0.15, 0.2) is 11.5 Å². The molecule has 1 amide bonds. The third kappa shape index (κ3) is 3.99. The molecule has 2 aromatic rings. The van der Waals surface area contributed by atoms with Gasteiger partial charge in [0.2, 0.25) is 11.9 Å². The fourth-order valence-electron chi connectivity index (χ4n) is 2.95. The number of piperidine rings is 1. The molecule has 1 aliphatic heterocycles. The highest BCUT2D eigenvalue weighted by Gasteiger charge is 2.26. The Balaban J connectivity index is 1.58. The van der Waals surface area contributed by atoms with Crippen molar-refractivity contribution in [3.05, 3.63) is 36.7 Å². The standard InChI is InChI=1S/C18H22N4O3/c1-24-15-5-4-14(12-16(15)25-2)21-17(23)13-6-10-22(11-7-13)18-19-8-3-9-20-18/h3-5,8-9,12-13H,6-7,10-11H2,1-2H3,(H,21,23). The quantitative estimate of drug-likeness (QED) is 0.899. The summed E-state index contributed by atoms with van der Waals surface area (Å²) in [4.78, 5) is 23.2. The molecule has 0 spiro atoms. The molecule has 7 heteroatoms. The van der Waals surface area contributed by atoms with Crippen molar-refractivity contribution < 1.29 is 14.3 Å². The topological polar surface area (TPSA) is 76.6 Å². The molecule has 0 unspecified atom stereocenters. The number of anilines is 2.